The van der Waals surface area contributed by atoms with Gasteiger partial charge in [0, 0.05) is 24.2 Å². The number of carbonyl (C=O) groups excluding carboxylic acids is 1. The molecule has 1 aromatic heterocycles. The SMILES string of the molecule is Cc1cncc(/C=C/C(=O)Nc2ccc(OCCO)cc2)c1. The first-order valence-electron chi connectivity index (χ1n) is 6.92. The highest BCUT2D eigenvalue weighted by atomic mass is 16.5. The number of aliphatic hydroxyl groups excluding tert-OH is 1. The third-order valence-corrected chi connectivity index (χ3v) is 2.81. The summed E-state index contributed by atoms with van der Waals surface area (Å²) in [6.07, 6.45) is 6.64. The Bertz CT molecular complexity index is 651. The Hall–Kier alpha value is -2.66. The highest BCUT2D eigenvalue weighted by Crippen LogP contribution is 2.15. The average Bonchev–Trinajstić information content (AvgIpc) is 2.52. The van der Waals surface area contributed by atoms with Gasteiger partial charge in [0.15, 0.2) is 0 Å². The molecule has 2 rings (SSSR count). The number of nitrogens with one attached hydrogen (secondary N) is 1. The van der Waals surface area contributed by atoms with Crippen LogP contribution < -0.4 is 10.1 Å². The van der Waals surface area contributed by atoms with Gasteiger partial charge in [-0.15, -0.1) is 0 Å². The van der Waals surface area contributed by atoms with E-state index in [1.165, 1.54) is 6.08 Å². The summed E-state index contributed by atoms with van der Waals surface area (Å²) in [5, 5.41) is 11.4. The Balaban J connectivity index is 1.91. The number of hydrogen-bond acceptors (Lipinski definition) is 4. The van der Waals surface area contributed by atoms with Crippen molar-refractivity contribution < 1.29 is 14.6 Å². The molecule has 22 heavy (non-hydrogen) atoms. The molecule has 0 aliphatic carbocycles. The van der Waals surface area contributed by atoms with E-state index in [1.807, 2.05) is 13.0 Å². The smallest absolute Gasteiger partial charge is 0.248 e. The minimum atomic E-state index is -0.217. The number of benzene rings is 1. The maximum Gasteiger partial charge on any atom is 0.248 e. The number of nitrogens with zero attached hydrogens (tertiary/aromatic N) is 1. The topological polar surface area (TPSA) is 71.5 Å². The number of carbonyl (C=O) groups is 1. The monoisotopic (exact) mass is 298 g/mol. The summed E-state index contributed by atoms with van der Waals surface area (Å²) < 4.78 is 5.25. The van der Waals surface area contributed by atoms with E-state index < -0.39 is 0 Å². The number of ether oxygens (including phenoxy) is 1. The summed E-state index contributed by atoms with van der Waals surface area (Å²) >= 11 is 0. The lowest BCUT2D eigenvalue weighted by Gasteiger charge is -2.06. The number of amides is 1. The molecular weight excluding hydrogens is 280 g/mol. The van der Waals surface area contributed by atoms with Crippen molar-refractivity contribution in [3.8, 4) is 5.75 Å². The molecule has 0 spiro atoms. The minimum absolute atomic E-state index is 0.0307. The highest BCUT2D eigenvalue weighted by Gasteiger charge is 1.99. The maximum absolute atomic E-state index is 11.8. The maximum atomic E-state index is 11.8. The van der Waals surface area contributed by atoms with E-state index in [9.17, 15) is 4.79 Å². The lowest BCUT2D eigenvalue weighted by Crippen LogP contribution is -2.07. The molecule has 0 radical (unpaired) electrons. The average molecular weight is 298 g/mol. The van der Waals surface area contributed by atoms with Crippen LogP contribution in [0.25, 0.3) is 6.08 Å². The summed E-state index contributed by atoms with van der Waals surface area (Å²) in [4.78, 5) is 15.9. The van der Waals surface area contributed by atoms with Gasteiger partial charge in [0.1, 0.15) is 12.4 Å². The normalized spacial score (nSPS) is 10.6. The van der Waals surface area contributed by atoms with Crippen molar-refractivity contribution in [2.24, 2.45) is 0 Å². The van der Waals surface area contributed by atoms with Gasteiger partial charge in [0.25, 0.3) is 0 Å². The fourth-order valence-electron chi connectivity index (χ4n) is 1.82. The van der Waals surface area contributed by atoms with E-state index in [-0.39, 0.29) is 19.1 Å². The van der Waals surface area contributed by atoms with E-state index in [0.29, 0.717) is 11.4 Å². The molecule has 5 nitrogen and oxygen atoms in total. The first kappa shape index (κ1) is 15.7. The van der Waals surface area contributed by atoms with Crippen LogP contribution in [0.2, 0.25) is 0 Å². The van der Waals surface area contributed by atoms with Crippen molar-refractivity contribution in [1.29, 1.82) is 0 Å². The Morgan fingerprint density at radius 2 is 2.09 bits per heavy atom. The summed E-state index contributed by atoms with van der Waals surface area (Å²) in [5.41, 5.74) is 2.59. The third kappa shape index (κ3) is 5.03. The van der Waals surface area contributed by atoms with Gasteiger partial charge in [0.2, 0.25) is 5.91 Å². The predicted molar refractivity (Wildman–Crippen MR) is 85.7 cm³/mol. The van der Waals surface area contributed by atoms with Crippen LogP contribution in [0.15, 0.2) is 48.8 Å². The summed E-state index contributed by atoms with van der Waals surface area (Å²) in [5.74, 6) is 0.430. The van der Waals surface area contributed by atoms with E-state index in [4.69, 9.17) is 9.84 Å². The minimum Gasteiger partial charge on any atom is -0.491 e. The Labute approximate surface area is 129 Å². The second kappa shape index (κ2) is 7.95. The van der Waals surface area contributed by atoms with Crippen molar-refractivity contribution in [3.63, 3.8) is 0 Å². The molecule has 0 fully saturated rings. The van der Waals surface area contributed by atoms with Crippen molar-refractivity contribution in [3.05, 3.63) is 59.9 Å². The highest BCUT2D eigenvalue weighted by molar-refractivity contribution is 6.01. The van der Waals surface area contributed by atoms with Crippen LogP contribution in [0.1, 0.15) is 11.1 Å². The zero-order valence-corrected chi connectivity index (χ0v) is 12.3. The molecule has 0 atom stereocenters. The number of aryl methyl sites for hydroxylation is 1. The Morgan fingerprint density at radius 1 is 1.32 bits per heavy atom. The summed E-state index contributed by atoms with van der Waals surface area (Å²) in [6.45, 7) is 2.17. The zero-order chi connectivity index (χ0) is 15.8. The summed E-state index contributed by atoms with van der Waals surface area (Å²) in [6, 6.07) is 8.91. The van der Waals surface area contributed by atoms with Crippen LogP contribution in [0.5, 0.6) is 5.75 Å². The molecule has 2 N–H and O–H groups in total. The number of hydrogen-bond donors (Lipinski definition) is 2. The van der Waals surface area contributed by atoms with Crippen LogP contribution in [0.4, 0.5) is 5.69 Å². The molecule has 1 heterocycles. The van der Waals surface area contributed by atoms with Gasteiger partial charge in [-0.3, -0.25) is 9.78 Å². The number of anilines is 1. The molecule has 0 saturated heterocycles. The Morgan fingerprint density at radius 3 is 2.77 bits per heavy atom. The van der Waals surface area contributed by atoms with Crippen LogP contribution in [-0.4, -0.2) is 29.2 Å². The van der Waals surface area contributed by atoms with E-state index in [0.717, 1.165) is 11.1 Å². The molecule has 114 valence electrons. The van der Waals surface area contributed by atoms with Crippen molar-refractivity contribution >= 4 is 17.7 Å². The molecule has 2 aromatic rings. The third-order valence-electron chi connectivity index (χ3n) is 2.81. The van der Waals surface area contributed by atoms with Crippen molar-refractivity contribution in [1.82, 2.24) is 4.98 Å². The fraction of sp³-hybridized carbons (Fsp3) is 0.176. The second-order valence-corrected chi connectivity index (χ2v) is 4.71. The van der Waals surface area contributed by atoms with E-state index >= 15 is 0 Å². The van der Waals surface area contributed by atoms with Crippen LogP contribution in [0, 0.1) is 6.92 Å². The number of aromatic nitrogens is 1. The lowest BCUT2D eigenvalue weighted by molar-refractivity contribution is -0.111. The zero-order valence-electron chi connectivity index (χ0n) is 12.3. The molecule has 0 saturated carbocycles. The molecule has 1 aromatic carbocycles. The first-order chi connectivity index (χ1) is 10.7. The van der Waals surface area contributed by atoms with Gasteiger partial charge in [0.05, 0.1) is 6.61 Å². The van der Waals surface area contributed by atoms with Gasteiger partial charge >= 0.3 is 0 Å². The van der Waals surface area contributed by atoms with Gasteiger partial charge in [-0.1, -0.05) is 0 Å². The van der Waals surface area contributed by atoms with Gasteiger partial charge in [-0.05, 0) is 54.5 Å². The van der Waals surface area contributed by atoms with Crippen LogP contribution >= 0.6 is 0 Å². The largest absolute Gasteiger partial charge is 0.491 e. The molecule has 0 aliphatic heterocycles. The number of pyridine rings is 1. The first-order valence-corrected chi connectivity index (χ1v) is 6.92. The van der Waals surface area contributed by atoms with Gasteiger partial charge in [-0.2, -0.15) is 0 Å². The molecule has 0 bridgehead atoms. The number of rotatable bonds is 6. The summed E-state index contributed by atoms with van der Waals surface area (Å²) in [7, 11) is 0. The van der Waals surface area contributed by atoms with Crippen molar-refractivity contribution in [2.75, 3.05) is 18.5 Å². The van der Waals surface area contributed by atoms with E-state index in [2.05, 4.69) is 10.3 Å². The van der Waals surface area contributed by atoms with Gasteiger partial charge < -0.3 is 15.2 Å². The predicted octanol–water partition coefficient (Wildman–Crippen LogP) is 2.41. The molecule has 1 amide bonds. The molecular formula is C17H18N2O3. The second-order valence-electron chi connectivity index (χ2n) is 4.71. The van der Waals surface area contributed by atoms with Crippen molar-refractivity contribution in [2.45, 2.75) is 6.92 Å². The quantitative estimate of drug-likeness (QED) is 0.803. The molecule has 5 heteroatoms. The van der Waals surface area contributed by atoms with E-state index in [1.54, 1.807) is 42.7 Å². The van der Waals surface area contributed by atoms with Crippen LogP contribution in [-0.2, 0) is 4.79 Å². The molecule has 0 aliphatic rings. The van der Waals surface area contributed by atoms with Crippen LogP contribution in [0.3, 0.4) is 0 Å². The van der Waals surface area contributed by atoms with Gasteiger partial charge in [-0.25, -0.2) is 0 Å². The fourth-order valence-corrected chi connectivity index (χ4v) is 1.82. The lowest BCUT2D eigenvalue weighted by atomic mass is 10.2. The standard InChI is InChI=1S/C17H18N2O3/c1-13-10-14(12-18-11-13)2-7-17(21)19-15-3-5-16(6-4-15)22-9-8-20/h2-7,10-12,20H,8-9H2,1H3,(H,19,21)/b7-2+. The molecule has 0 unspecified atom stereocenters. The number of aliphatic hydroxyl groups is 1. The Kier molecular flexibility index (Phi) is 5.68.